The van der Waals surface area contributed by atoms with E-state index in [1.54, 1.807) is 11.0 Å². The molecule has 2 heterocycles. The second-order valence-electron chi connectivity index (χ2n) is 8.96. The Labute approximate surface area is 183 Å². The molecule has 1 saturated heterocycles. The number of hydrogen-bond donors (Lipinski definition) is 1. The second kappa shape index (κ2) is 10.8. The van der Waals surface area contributed by atoms with Gasteiger partial charge >= 0.3 is 6.18 Å². The Hall–Kier alpha value is -1.60. The first-order valence-corrected chi connectivity index (χ1v) is 11.6. The molecular weight excluding hydrogens is 405 g/mol. The lowest BCUT2D eigenvalue weighted by Gasteiger charge is -2.31. The lowest BCUT2D eigenvalue weighted by atomic mass is 9.95. The number of carbonyl (C=O) groups excluding carboxylic acids is 1. The van der Waals surface area contributed by atoms with Crippen molar-refractivity contribution in [3.8, 4) is 0 Å². The number of nitrogens with one attached hydrogen (secondary N) is 1. The number of amides is 1. The van der Waals surface area contributed by atoms with Crippen LogP contribution < -0.4 is 5.32 Å². The molecule has 2 fully saturated rings. The van der Waals surface area contributed by atoms with Gasteiger partial charge in [-0.3, -0.25) is 4.79 Å². The summed E-state index contributed by atoms with van der Waals surface area (Å²) in [5, 5.41) is 3.67. The molecule has 0 spiro atoms. The third kappa shape index (κ3) is 6.45. The summed E-state index contributed by atoms with van der Waals surface area (Å²) in [6, 6.07) is 4.73. The molecule has 1 aromatic rings. The molecule has 2 atom stereocenters. The van der Waals surface area contributed by atoms with E-state index in [9.17, 15) is 18.0 Å². The third-order valence-corrected chi connectivity index (χ3v) is 6.33. The summed E-state index contributed by atoms with van der Waals surface area (Å²) in [7, 11) is 0. The Morgan fingerprint density at radius 1 is 1.10 bits per heavy atom. The van der Waals surface area contributed by atoms with Gasteiger partial charge in [-0.15, -0.1) is 0 Å². The largest absolute Gasteiger partial charge is 0.416 e. The summed E-state index contributed by atoms with van der Waals surface area (Å²) in [5.41, 5.74) is 0.911. The number of rotatable bonds is 3. The predicted octanol–water partition coefficient (Wildman–Crippen LogP) is 4.94. The molecule has 4 nitrogen and oxygen atoms in total. The zero-order chi connectivity index (χ0) is 22.4. The molecule has 1 aromatic carbocycles. The molecule has 1 aliphatic carbocycles. The normalized spacial score (nSPS) is 24.4. The molecule has 174 valence electrons. The lowest BCUT2D eigenvalue weighted by molar-refractivity contribution is -0.137. The molecule has 0 bridgehead atoms. The van der Waals surface area contributed by atoms with E-state index >= 15 is 0 Å². The van der Waals surface area contributed by atoms with Crippen LogP contribution in [0, 0.1) is 5.92 Å². The Morgan fingerprint density at radius 2 is 1.81 bits per heavy atom. The van der Waals surface area contributed by atoms with Crippen LogP contribution >= 0.6 is 0 Å². The number of fused-ring (bicyclic) bond motifs is 1. The van der Waals surface area contributed by atoms with E-state index in [-0.39, 0.29) is 18.4 Å². The zero-order valence-corrected chi connectivity index (χ0v) is 18.6. The fraction of sp³-hybridized carbons (Fsp3) is 0.708. The molecule has 2 aliphatic heterocycles. The van der Waals surface area contributed by atoms with Crippen LogP contribution in [-0.2, 0) is 28.7 Å². The maximum absolute atomic E-state index is 13.0. The van der Waals surface area contributed by atoms with Crippen LogP contribution in [0.4, 0.5) is 13.2 Å². The van der Waals surface area contributed by atoms with Crippen molar-refractivity contribution in [1.29, 1.82) is 0 Å². The third-order valence-electron chi connectivity index (χ3n) is 6.33. The minimum atomic E-state index is -4.35. The summed E-state index contributed by atoms with van der Waals surface area (Å²) in [5.74, 6) is 0.0732. The van der Waals surface area contributed by atoms with Gasteiger partial charge in [0.05, 0.1) is 5.56 Å². The SMILES string of the molecule is CCC.O=C([C@H]1CCC(NC2CCOCC2)C1)N1CCc2ccc(C(F)(F)F)cc2C1. The highest BCUT2D eigenvalue weighted by Gasteiger charge is 2.36. The number of hydrogen-bond acceptors (Lipinski definition) is 3. The van der Waals surface area contributed by atoms with Gasteiger partial charge in [-0.1, -0.05) is 26.3 Å². The highest BCUT2D eigenvalue weighted by molar-refractivity contribution is 5.79. The average molecular weight is 441 g/mol. The van der Waals surface area contributed by atoms with Crippen LogP contribution in [0.25, 0.3) is 0 Å². The molecule has 1 unspecified atom stereocenters. The van der Waals surface area contributed by atoms with Gasteiger partial charge in [0.2, 0.25) is 5.91 Å². The summed E-state index contributed by atoms with van der Waals surface area (Å²) in [4.78, 5) is 14.7. The van der Waals surface area contributed by atoms with Crippen LogP contribution in [0.5, 0.6) is 0 Å². The highest BCUT2D eigenvalue weighted by atomic mass is 19.4. The molecule has 31 heavy (non-hydrogen) atoms. The molecule has 4 rings (SSSR count). The molecule has 1 amide bonds. The minimum Gasteiger partial charge on any atom is -0.381 e. The van der Waals surface area contributed by atoms with E-state index in [0.29, 0.717) is 30.6 Å². The Bertz CT molecular complexity index is 732. The summed E-state index contributed by atoms with van der Waals surface area (Å²) in [6.45, 7) is 6.71. The molecular formula is C24H35F3N2O2. The van der Waals surface area contributed by atoms with Crippen molar-refractivity contribution in [2.75, 3.05) is 19.8 Å². The number of alkyl halides is 3. The topological polar surface area (TPSA) is 41.6 Å². The van der Waals surface area contributed by atoms with Crippen LogP contribution in [0.3, 0.4) is 0 Å². The van der Waals surface area contributed by atoms with Gasteiger partial charge in [-0.25, -0.2) is 0 Å². The van der Waals surface area contributed by atoms with Crippen molar-refractivity contribution in [2.24, 2.45) is 5.92 Å². The van der Waals surface area contributed by atoms with Gasteiger partial charge in [0, 0.05) is 44.3 Å². The first-order chi connectivity index (χ1) is 14.8. The number of ether oxygens (including phenoxy) is 1. The van der Waals surface area contributed by atoms with Crippen LogP contribution in [0.1, 0.15) is 69.1 Å². The van der Waals surface area contributed by atoms with Gasteiger partial charge in [0.15, 0.2) is 0 Å². The average Bonchev–Trinajstić information content (AvgIpc) is 3.21. The Kier molecular flexibility index (Phi) is 8.39. The van der Waals surface area contributed by atoms with Crippen molar-refractivity contribution in [3.63, 3.8) is 0 Å². The molecule has 0 radical (unpaired) electrons. The monoisotopic (exact) mass is 440 g/mol. The van der Waals surface area contributed by atoms with E-state index in [1.165, 1.54) is 12.5 Å². The second-order valence-corrected chi connectivity index (χ2v) is 8.96. The van der Waals surface area contributed by atoms with Crippen molar-refractivity contribution >= 4 is 5.91 Å². The van der Waals surface area contributed by atoms with Gasteiger partial charge in [-0.05, 0) is 61.8 Å². The van der Waals surface area contributed by atoms with E-state index in [2.05, 4.69) is 19.2 Å². The summed E-state index contributed by atoms with van der Waals surface area (Å²) in [6.07, 6.45) is 2.20. The zero-order valence-electron chi connectivity index (χ0n) is 18.6. The summed E-state index contributed by atoms with van der Waals surface area (Å²) < 4.78 is 44.4. The van der Waals surface area contributed by atoms with Gasteiger partial charge < -0.3 is 15.0 Å². The van der Waals surface area contributed by atoms with Crippen molar-refractivity contribution in [3.05, 3.63) is 34.9 Å². The number of carbonyl (C=O) groups is 1. The Morgan fingerprint density at radius 3 is 2.48 bits per heavy atom. The van der Waals surface area contributed by atoms with Crippen molar-refractivity contribution < 1.29 is 22.7 Å². The fourth-order valence-corrected chi connectivity index (χ4v) is 4.73. The van der Waals surface area contributed by atoms with E-state index in [4.69, 9.17) is 4.74 Å². The number of benzene rings is 1. The van der Waals surface area contributed by atoms with Crippen LogP contribution in [0.15, 0.2) is 18.2 Å². The molecule has 1 saturated carbocycles. The quantitative estimate of drug-likeness (QED) is 0.724. The molecule has 1 N–H and O–H groups in total. The smallest absolute Gasteiger partial charge is 0.381 e. The predicted molar refractivity (Wildman–Crippen MR) is 115 cm³/mol. The Balaban J connectivity index is 0.000000858. The van der Waals surface area contributed by atoms with Crippen LogP contribution in [0.2, 0.25) is 0 Å². The molecule has 3 aliphatic rings. The van der Waals surface area contributed by atoms with Gasteiger partial charge in [0.25, 0.3) is 0 Å². The first kappa shape index (κ1) is 24.1. The van der Waals surface area contributed by atoms with Crippen molar-refractivity contribution in [1.82, 2.24) is 10.2 Å². The summed E-state index contributed by atoms with van der Waals surface area (Å²) >= 11 is 0. The van der Waals surface area contributed by atoms with Crippen molar-refractivity contribution in [2.45, 2.75) is 83.6 Å². The number of halogens is 3. The minimum absolute atomic E-state index is 0.0234. The first-order valence-electron chi connectivity index (χ1n) is 11.6. The number of nitrogens with zero attached hydrogens (tertiary/aromatic N) is 1. The lowest BCUT2D eigenvalue weighted by Crippen LogP contribution is -2.42. The fourth-order valence-electron chi connectivity index (χ4n) is 4.73. The maximum Gasteiger partial charge on any atom is 0.416 e. The van der Waals surface area contributed by atoms with Crippen LogP contribution in [-0.4, -0.2) is 42.6 Å². The van der Waals surface area contributed by atoms with Gasteiger partial charge in [0.1, 0.15) is 0 Å². The maximum atomic E-state index is 13.0. The van der Waals surface area contributed by atoms with E-state index in [1.807, 2.05) is 0 Å². The highest BCUT2D eigenvalue weighted by Crippen LogP contribution is 2.34. The van der Waals surface area contributed by atoms with E-state index < -0.39 is 11.7 Å². The van der Waals surface area contributed by atoms with E-state index in [0.717, 1.165) is 56.9 Å². The molecule has 7 heteroatoms. The molecule has 0 aromatic heterocycles. The standard InChI is InChI=1S/C21H27F3N2O2.C3H8/c22-21(23,24)17-3-1-14-5-8-26(13-16(14)11-17)20(27)15-2-4-19(12-15)25-18-6-9-28-10-7-18;1-3-2/h1,3,11,15,18-19,25H,2,4-10,12-13H2;3H2,1-2H3/t15-,19?;/m0./s1. The van der Waals surface area contributed by atoms with Gasteiger partial charge in [-0.2, -0.15) is 13.2 Å².